The third-order valence-corrected chi connectivity index (χ3v) is 10.4. The average molecular weight is 682 g/mol. The number of esters is 1. The minimum atomic E-state index is -0.297. The molecular formula is C40H63N3O4S. The van der Waals surface area contributed by atoms with Gasteiger partial charge in [-0.3, -0.25) is 19.3 Å². The molecule has 1 atom stereocenters. The van der Waals surface area contributed by atoms with Crippen molar-refractivity contribution < 1.29 is 19.1 Å². The fourth-order valence-corrected chi connectivity index (χ4v) is 7.40. The predicted molar refractivity (Wildman–Crippen MR) is 199 cm³/mol. The molecule has 0 spiro atoms. The molecule has 0 bridgehead atoms. The Morgan fingerprint density at radius 1 is 0.771 bits per heavy atom. The quantitative estimate of drug-likeness (QED) is 0.0590. The van der Waals surface area contributed by atoms with Gasteiger partial charge in [0, 0.05) is 43.4 Å². The summed E-state index contributed by atoms with van der Waals surface area (Å²) in [5.41, 5.74) is 2.45. The van der Waals surface area contributed by atoms with Gasteiger partial charge in [-0.25, -0.2) is 0 Å². The van der Waals surface area contributed by atoms with E-state index in [0.717, 1.165) is 109 Å². The molecule has 2 amide bonds. The third kappa shape index (κ3) is 16.1. The van der Waals surface area contributed by atoms with E-state index in [4.69, 9.17) is 4.74 Å². The summed E-state index contributed by atoms with van der Waals surface area (Å²) in [5.74, 6) is 0.569. The number of hydrogen-bond acceptors (Lipinski definition) is 6. The number of carbonyl (C=O) groups excluding carboxylic acids is 3. The molecule has 1 aliphatic carbocycles. The Bertz CT molecular complexity index is 1190. The maximum atomic E-state index is 12.7. The Morgan fingerprint density at radius 2 is 1.46 bits per heavy atom. The van der Waals surface area contributed by atoms with Gasteiger partial charge < -0.3 is 15.4 Å². The molecule has 0 saturated heterocycles. The van der Waals surface area contributed by atoms with Gasteiger partial charge >= 0.3 is 5.97 Å². The van der Waals surface area contributed by atoms with Crippen LogP contribution in [-0.2, 0) is 33.6 Å². The van der Waals surface area contributed by atoms with Crippen LogP contribution in [0.2, 0.25) is 0 Å². The van der Waals surface area contributed by atoms with Gasteiger partial charge in [0.25, 0.3) is 0 Å². The van der Waals surface area contributed by atoms with Crippen LogP contribution in [0.3, 0.4) is 0 Å². The monoisotopic (exact) mass is 681 g/mol. The van der Waals surface area contributed by atoms with Gasteiger partial charge in [0.1, 0.15) is 5.75 Å². The lowest BCUT2D eigenvalue weighted by Crippen LogP contribution is -2.41. The first-order valence-electron chi connectivity index (χ1n) is 19.1. The first-order valence-corrected chi connectivity index (χ1v) is 20.0. The predicted octanol–water partition coefficient (Wildman–Crippen LogP) is 8.57. The van der Waals surface area contributed by atoms with Crippen molar-refractivity contribution in [3.8, 4) is 5.75 Å². The normalized spacial score (nSPS) is 14.1. The summed E-state index contributed by atoms with van der Waals surface area (Å²) in [4.78, 5) is 41.0. The summed E-state index contributed by atoms with van der Waals surface area (Å²) in [6.45, 7) is 7.76. The molecule has 7 nitrogen and oxygen atoms in total. The second-order valence-corrected chi connectivity index (χ2v) is 14.5. The van der Waals surface area contributed by atoms with Crippen LogP contribution in [0.25, 0.3) is 0 Å². The van der Waals surface area contributed by atoms with Gasteiger partial charge in [-0.05, 0) is 86.6 Å². The van der Waals surface area contributed by atoms with E-state index >= 15 is 0 Å². The van der Waals surface area contributed by atoms with Crippen molar-refractivity contribution in [1.29, 1.82) is 0 Å². The number of fused-ring (bicyclic) bond motifs is 1. The molecule has 1 heterocycles. The van der Waals surface area contributed by atoms with E-state index < -0.39 is 0 Å². The van der Waals surface area contributed by atoms with E-state index in [-0.39, 0.29) is 24.2 Å². The fourth-order valence-electron chi connectivity index (χ4n) is 6.70. The van der Waals surface area contributed by atoms with Crippen LogP contribution in [-0.4, -0.2) is 54.9 Å². The molecule has 0 radical (unpaired) electrons. The van der Waals surface area contributed by atoms with Gasteiger partial charge in [-0.2, -0.15) is 0 Å². The van der Waals surface area contributed by atoms with E-state index in [0.29, 0.717) is 31.2 Å². The molecule has 268 valence electrons. The number of rotatable bonds is 26. The summed E-state index contributed by atoms with van der Waals surface area (Å²) < 4.78 is 5.81. The number of nitrogens with zero attached hydrogens (tertiary/aromatic N) is 1. The molecule has 2 aromatic rings. The van der Waals surface area contributed by atoms with Gasteiger partial charge in [0.2, 0.25) is 11.8 Å². The zero-order valence-corrected chi connectivity index (χ0v) is 30.8. The molecule has 1 aromatic carbocycles. The average Bonchev–Trinajstić information content (AvgIpc) is 3.61. The van der Waals surface area contributed by atoms with Gasteiger partial charge in [0.05, 0.1) is 6.42 Å². The minimum Gasteiger partial charge on any atom is -0.426 e. The van der Waals surface area contributed by atoms with Crippen LogP contribution in [0.4, 0.5) is 0 Å². The molecule has 8 heteroatoms. The lowest BCUT2D eigenvalue weighted by molar-refractivity contribution is -0.134. The third-order valence-electron chi connectivity index (χ3n) is 9.45. The van der Waals surface area contributed by atoms with Crippen LogP contribution in [0, 0.1) is 0 Å². The molecule has 1 aromatic heterocycles. The Kier molecular flexibility index (Phi) is 20.2. The molecule has 3 rings (SSSR count). The van der Waals surface area contributed by atoms with E-state index in [9.17, 15) is 14.4 Å². The summed E-state index contributed by atoms with van der Waals surface area (Å²) in [5, 5.41) is 8.08. The summed E-state index contributed by atoms with van der Waals surface area (Å²) in [6.07, 6.45) is 19.9. The first-order chi connectivity index (χ1) is 23.5. The van der Waals surface area contributed by atoms with Crippen molar-refractivity contribution in [2.45, 2.75) is 148 Å². The molecule has 0 saturated carbocycles. The zero-order chi connectivity index (χ0) is 34.2. The smallest absolute Gasteiger partial charge is 0.312 e. The van der Waals surface area contributed by atoms with Crippen molar-refractivity contribution >= 4 is 29.1 Å². The Labute approximate surface area is 295 Å². The second-order valence-electron chi connectivity index (χ2n) is 13.5. The molecule has 1 aliphatic rings. The van der Waals surface area contributed by atoms with E-state index in [2.05, 4.69) is 53.0 Å². The van der Waals surface area contributed by atoms with Gasteiger partial charge in [-0.1, -0.05) is 89.8 Å². The van der Waals surface area contributed by atoms with Crippen LogP contribution < -0.4 is 15.4 Å². The molecule has 2 N–H and O–H groups in total. The Hall–Kier alpha value is -2.71. The highest BCUT2D eigenvalue weighted by molar-refractivity contribution is 7.09. The molecule has 1 unspecified atom stereocenters. The number of carbonyl (C=O) groups is 3. The van der Waals surface area contributed by atoms with Crippen molar-refractivity contribution in [3.05, 3.63) is 51.7 Å². The number of hydrogen-bond donors (Lipinski definition) is 2. The lowest BCUT2D eigenvalue weighted by atomic mass is 9.86. The van der Waals surface area contributed by atoms with Crippen LogP contribution in [0.1, 0.15) is 139 Å². The van der Waals surface area contributed by atoms with Crippen molar-refractivity contribution in [2.24, 2.45) is 0 Å². The van der Waals surface area contributed by atoms with E-state index in [1.54, 1.807) is 0 Å². The number of unbranched alkanes of at least 4 members (excludes halogenated alkanes) is 10. The molecule has 48 heavy (non-hydrogen) atoms. The van der Waals surface area contributed by atoms with Crippen LogP contribution >= 0.6 is 11.3 Å². The largest absolute Gasteiger partial charge is 0.426 e. The number of ether oxygens (including phenoxy) is 1. The minimum absolute atomic E-state index is 0.00183. The van der Waals surface area contributed by atoms with Gasteiger partial charge in [-0.15, -0.1) is 11.3 Å². The second kappa shape index (κ2) is 24.4. The number of nitrogens with one attached hydrogen (secondary N) is 2. The van der Waals surface area contributed by atoms with Crippen LogP contribution in [0.15, 0.2) is 35.7 Å². The standard InChI is InChI=1S/C40H63N3O4S/c1-3-5-6-12-15-27-41-38(44)21-13-10-8-7-9-11-14-22-39(45)42-28-25-40(46)47-37-20-16-18-33-32-34(23-24-36(33)37)43(29-4-2)30-26-35-19-17-31-48-35/h16-20,31,34H,3-15,21-30,32H2,1-2H3,(H,41,44)(H,42,45). The maximum Gasteiger partial charge on any atom is 0.312 e. The summed E-state index contributed by atoms with van der Waals surface area (Å²) in [6, 6.07) is 11.0. The van der Waals surface area contributed by atoms with E-state index in [1.165, 1.54) is 36.1 Å². The van der Waals surface area contributed by atoms with Crippen molar-refractivity contribution in [3.63, 3.8) is 0 Å². The number of amides is 2. The lowest BCUT2D eigenvalue weighted by Gasteiger charge is -2.35. The van der Waals surface area contributed by atoms with Crippen LogP contribution in [0.5, 0.6) is 5.75 Å². The Morgan fingerprint density at radius 3 is 2.15 bits per heavy atom. The summed E-state index contributed by atoms with van der Waals surface area (Å²) >= 11 is 1.84. The molecule has 0 aliphatic heterocycles. The topological polar surface area (TPSA) is 87.7 Å². The van der Waals surface area contributed by atoms with E-state index in [1.807, 2.05) is 23.5 Å². The SMILES string of the molecule is CCCCCCCNC(=O)CCCCCCCCCC(=O)NCCC(=O)Oc1cccc2c1CCC(N(CCC)CCc1cccs1)C2. The fraction of sp³-hybridized carbons (Fsp3) is 0.675. The first kappa shape index (κ1) is 39.7. The molecular weight excluding hydrogens is 619 g/mol. The van der Waals surface area contributed by atoms with Crippen molar-refractivity contribution in [1.82, 2.24) is 15.5 Å². The maximum absolute atomic E-state index is 12.7. The zero-order valence-electron chi connectivity index (χ0n) is 30.0. The highest BCUT2D eigenvalue weighted by Crippen LogP contribution is 2.32. The number of benzene rings is 1. The molecule has 0 fully saturated rings. The highest BCUT2D eigenvalue weighted by Gasteiger charge is 2.26. The number of thiophene rings is 1. The van der Waals surface area contributed by atoms with Gasteiger partial charge in [0.15, 0.2) is 0 Å². The Balaban J connectivity index is 1.21. The summed E-state index contributed by atoms with van der Waals surface area (Å²) in [7, 11) is 0. The van der Waals surface area contributed by atoms with Crippen molar-refractivity contribution in [2.75, 3.05) is 26.2 Å². The highest BCUT2D eigenvalue weighted by atomic mass is 32.1.